The van der Waals surface area contributed by atoms with E-state index >= 15 is 0 Å². The summed E-state index contributed by atoms with van der Waals surface area (Å²) in [5, 5.41) is 15.3. The van der Waals surface area contributed by atoms with Crippen molar-refractivity contribution in [3.05, 3.63) is 94.5 Å². The zero-order valence-corrected chi connectivity index (χ0v) is 19.6. The predicted molar refractivity (Wildman–Crippen MR) is 128 cm³/mol. The third kappa shape index (κ3) is 5.48. The van der Waals surface area contributed by atoms with Gasteiger partial charge in [-0.15, -0.1) is 5.10 Å². The average molecular weight is 499 g/mol. The lowest BCUT2D eigenvalue weighted by atomic mass is 10.2. The molecule has 0 aliphatic rings. The lowest BCUT2D eigenvalue weighted by Gasteiger charge is -2.20. The van der Waals surface area contributed by atoms with Crippen LogP contribution in [0.25, 0.3) is 5.69 Å². The Morgan fingerprint density at radius 1 is 1.03 bits per heavy atom. The van der Waals surface area contributed by atoms with Crippen LogP contribution < -0.4 is 4.74 Å². The fraction of sp³-hybridized carbons (Fsp3) is 0.125. The Hall–Kier alpha value is -3.59. The molecule has 0 saturated carbocycles. The molecule has 0 saturated heterocycles. The first-order chi connectivity index (χ1) is 16.4. The second-order valence-corrected chi connectivity index (χ2v) is 7.90. The van der Waals surface area contributed by atoms with Gasteiger partial charge < -0.3 is 9.84 Å². The van der Waals surface area contributed by atoms with E-state index in [2.05, 4.69) is 10.1 Å². The summed E-state index contributed by atoms with van der Waals surface area (Å²) in [5.74, 6) is 0.597. The summed E-state index contributed by atoms with van der Waals surface area (Å²) in [5.41, 5.74) is 1.27. The molecule has 1 N–H and O–H groups in total. The van der Waals surface area contributed by atoms with E-state index in [9.17, 15) is 9.90 Å². The van der Waals surface area contributed by atoms with E-state index in [0.29, 0.717) is 11.4 Å². The summed E-state index contributed by atoms with van der Waals surface area (Å²) in [6.45, 7) is 2.25. The molecule has 1 amide bonds. The molecule has 1 aromatic heterocycles. The Labute approximate surface area is 205 Å². The fourth-order valence-electron chi connectivity index (χ4n) is 3.07. The Balaban J connectivity index is 1.48. The van der Waals surface area contributed by atoms with Gasteiger partial charge in [0.25, 0.3) is 0 Å². The third-order valence-electron chi connectivity index (χ3n) is 4.69. The van der Waals surface area contributed by atoms with E-state index in [1.165, 1.54) is 28.2 Å². The molecule has 4 aromatic rings. The van der Waals surface area contributed by atoms with E-state index in [4.69, 9.17) is 32.8 Å². The van der Waals surface area contributed by atoms with Crippen molar-refractivity contribution in [1.82, 2.24) is 19.8 Å². The van der Waals surface area contributed by atoms with Crippen molar-refractivity contribution in [2.24, 2.45) is 0 Å². The number of hydrogen-bond donors (Lipinski definition) is 1. The average Bonchev–Trinajstić information content (AvgIpc) is 3.34. The molecule has 0 fully saturated rings. The molecule has 0 atom stereocenters. The second kappa shape index (κ2) is 10.6. The third-order valence-corrected chi connectivity index (χ3v) is 5.27. The number of hydrogen-bond acceptors (Lipinski definition) is 6. The Bertz CT molecular complexity index is 1260. The van der Waals surface area contributed by atoms with Gasteiger partial charge >= 0.3 is 5.91 Å². The standard InChI is InChI=1S/C24H20Cl2N4O4/c1-2-33-30(14-16-8-10-19(11-9-16)34-18-6-4-3-5-7-18)24(32)23-27-15-29(28-23)17-12-20(25)22(31)21(26)13-17/h3-13,15,31H,2,14H2,1H3. The van der Waals surface area contributed by atoms with Crippen LogP contribution in [0.15, 0.2) is 73.1 Å². The van der Waals surface area contributed by atoms with Crippen molar-refractivity contribution in [2.75, 3.05) is 6.61 Å². The van der Waals surface area contributed by atoms with Gasteiger partial charge in [-0.05, 0) is 48.9 Å². The summed E-state index contributed by atoms with van der Waals surface area (Å²) >= 11 is 12.0. The zero-order valence-electron chi connectivity index (χ0n) is 18.1. The number of amides is 1. The number of phenolic OH excluding ortho intramolecular Hbond substituents is 1. The summed E-state index contributed by atoms with van der Waals surface area (Å²) in [4.78, 5) is 22.7. The van der Waals surface area contributed by atoms with E-state index < -0.39 is 5.91 Å². The zero-order chi connectivity index (χ0) is 24.1. The number of aromatic hydroxyl groups is 1. The Morgan fingerprint density at radius 2 is 1.68 bits per heavy atom. The lowest BCUT2D eigenvalue weighted by Crippen LogP contribution is -2.31. The number of para-hydroxylation sites is 1. The first-order valence-electron chi connectivity index (χ1n) is 10.3. The van der Waals surface area contributed by atoms with E-state index in [-0.39, 0.29) is 34.8 Å². The molecule has 0 radical (unpaired) electrons. The summed E-state index contributed by atoms with van der Waals surface area (Å²) < 4.78 is 7.14. The number of carbonyl (C=O) groups is 1. The van der Waals surface area contributed by atoms with Crippen LogP contribution >= 0.6 is 23.2 Å². The fourth-order valence-corrected chi connectivity index (χ4v) is 3.54. The van der Waals surface area contributed by atoms with Gasteiger partial charge in [0.1, 0.15) is 17.8 Å². The molecule has 0 aliphatic heterocycles. The molecule has 10 heteroatoms. The Kier molecular flexibility index (Phi) is 7.32. The minimum absolute atomic E-state index is 0.0570. The molecule has 34 heavy (non-hydrogen) atoms. The predicted octanol–water partition coefficient (Wildman–Crippen LogP) is 5.67. The monoisotopic (exact) mass is 498 g/mol. The minimum Gasteiger partial charge on any atom is -0.505 e. The molecule has 0 aliphatic carbocycles. The molecular formula is C24H20Cl2N4O4. The number of halogens is 2. The number of nitrogens with zero attached hydrogens (tertiary/aromatic N) is 4. The van der Waals surface area contributed by atoms with Crippen LogP contribution in [0, 0.1) is 0 Å². The van der Waals surface area contributed by atoms with Gasteiger partial charge in [0.2, 0.25) is 5.82 Å². The number of aromatic nitrogens is 3. The van der Waals surface area contributed by atoms with Gasteiger partial charge in [-0.1, -0.05) is 53.5 Å². The van der Waals surface area contributed by atoms with Crippen LogP contribution in [0.4, 0.5) is 0 Å². The van der Waals surface area contributed by atoms with E-state index in [0.717, 1.165) is 11.3 Å². The highest BCUT2D eigenvalue weighted by Crippen LogP contribution is 2.33. The van der Waals surface area contributed by atoms with Crippen LogP contribution in [-0.2, 0) is 11.4 Å². The largest absolute Gasteiger partial charge is 0.505 e. The van der Waals surface area contributed by atoms with Gasteiger partial charge in [0, 0.05) is 0 Å². The second-order valence-electron chi connectivity index (χ2n) is 7.09. The first kappa shape index (κ1) is 23.6. The van der Waals surface area contributed by atoms with Gasteiger partial charge in [-0.2, -0.15) is 0 Å². The SMILES string of the molecule is CCON(Cc1ccc(Oc2ccccc2)cc1)C(=O)c1ncn(-c2cc(Cl)c(O)c(Cl)c2)n1. The molecule has 0 bridgehead atoms. The number of phenols is 1. The van der Waals surface area contributed by atoms with Crippen molar-refractivity contribution in [2.45, 2.75) is 13.5 Å². The minimum atomic E-state index is -0.513. The molecule has 0 spiro atoms. The summed E-state index contributed by atoms with van der Waals surface area (Å²) in [7, 11) is 0. The maximum atomic E-state index is 13.0. The van der Waals surface area contributed by atoms with Crippen LogP contribution in [0.1, 0.15) is 23.1 Å². The topological polar surface area (TPSA) is 89.7 Å². The van der Waals surface area contributed by atoms with Crippen molar-refractivity contribution in [1.29, 1.82) is 0 Å². The summed E-state index contributed by atoms with van der Waals surface area (Å²) in [6.07, 6.45) is 1.35. The number of benzene rings is 3. The Morgan fingerprint density at radius 3 is 2.32 bits per heavy atom. The number of hydroxylamine groups is 2. The van der Waals surface area contributed by atoms with Crippen molar-refractivity contribution >= 4 is 29.1 Å². The molecular weight excluding hydrogens is 479 g/mol. The molecule has 1 heterocycles. The molecule has 174 valence electrons. The van der Waals surface area contributed by atoms with Crippen LogP contribution in [-0.4, -0.2) is 37.4 Å². The highest BCUT2D eigenvalue weighted by molar-refractivity contribution is 6.37. The van der Waals surface area contributed by atoms with Gasteiger partial charge in [-0.25, -0.2) is 14.7 Å². The van der Waals surface area contributed by atoms with Crippen LogP contribution in [0.3, 0.4) is 0 Å². The van der Waals surface area contributed by atoms with Crippen LogP contribution in [0.5, 0.6) is 17.2 Å². The molecule has 3 aromatic carbocycles. The van der Waals surface area contributed by atoms with E-state index in [1.807, 2.05) is 54.6 Å². The maximum Gasteiger partial charge on any atom is 0.317 e. The number of rotatable bonds is 8. The van der Waals surface area contributed by atoms with Gasteiger partial charge in [0.05, 0.1) is 28.9 Å². The number of carbonyl (C=O) groups excluding carboxylic acids is 1. The first-order valence-corrected chi connectivity index (χ1v) is 11.1. The van der Waals surface area contributed by atoms with E-state index in [1.54, 1.807) is 6.92 Å². The quantitative estimate of drug-likeness (QED) is 0.315. The van der Waals surface area contributed by atoms with Crippen molar-refractivity contribution < 1.29 is 19.5 Å². The lowest BCUT2D eigenvalue weighted by molar-refractivity contribution is -0.125. The van der Waals surface area contributed by atoms with Crippen molar-refractivity contribution in [3.8, 4) is 22.9 Å². The highest BCUT2D eigenvalue weighted by Gasteiger charge is 2.22. The van der Waals surface area contributed by atoms with Crippen molar-refractivity contribution in [3.63, 3.8) is 0 Å². The van der Waals surface area contributed by atoms with Crippen LogP contribution in [0.2, 0.25) is 10.0 Å². The number of ether oxygens (including phenoxy) is 1. The van der Waals surface area contributed by atoms with Gasteiger partial charge in [-0.3, -0.25) is 9.63 Å². The normalized spacial score (nSPS) is 10.8. The summed E-state index contributed by atoms with van der Waals surface area (Å²) in [6, 6.07) is 19.7. The molecule has 0 unspecified atom stereocenters. The maximum absolute atomic E-state index is 13.0. The molecule has 4 rings (SSSR count). The molecule has 8 nitrogen and oxygen atoms in total. The highest BCUT2D eigenvalue weighted by atomic mass is 35.5. The smallest absolute Gasteiger partial charge is 0.317 e. The van der Waals surface area contributed by atoms with Gasteiger partial charge in [0.15, 0.2) is 5.75 Å².